The maximum absolute atomic E-state index is 4.55. The fourth-order valence-corrected chi connectivity index (χ4v) is 2.37. The number of likely N-dealkylation sites (N-methyl/N-ethyl adjacent to an activating group) is 1. The first kappa shape index (κ1) is 12.7. The molecule has 96 valence electrons. The molecule has 0 aliphatic heterocycles. The summed E-state index contributed by atoms with van der Waals surface area (Å²) in [7, 11) is 1.96. The largest absolute Gasteiger partial charge is 0.319 e. The van der Waals surface area contributed by atoms with Crippen LogP contribution < -0.4 is 5.32 Å². The van der Waals surface area contributed by atoms with Crippen LogP contribution in [0, 0.1) is 13.8 Å². The molecule has 5 nitrogen and oxygen atoms in total. The van der Waals surface area contributed by atoms with E-state index in [0.29, 0.717) is 11.9 Å². The third-order valence-corrected chi connectivity index (χ3v) is 3.09. The monoisotopic (exact) mass is 245 g/mol. The molecule has 2 heterocycles. The number of hydrogen-bond donors (Lipinski definition) is 1. The third-order valence-electron chi connectivity index (χ3n) is 3.09. The van der Waals surface area contributed by atoms with Crippen LogP contribution in [0.25, 0.3) is 5.95 Å². The van der Waals surface area contributed by atoms with Crippen molar-refractivity contribution in [2.75, 3.05) is 13.6 Å². The third kappa shape index (κ3) is 2.26. The van der Waals surface area contributed by atoms with Gasteiger partial charge in [0.05, 0.1) is 5.69 Å². The molecule has 0 bridgehead atoms. The second-order valence-corrected chi connectivity index (χ2v) is 4.50. The van der Waals surface area contributed by atoms with E-state index in [1.807, 2.05) is 18.7 Å². The average Bonchev–Trinajstić information content (AvgIpc) is 2.66. The lowest BCUT2D eigenvalue weighted by Crippen LogP contribution is -2.16. The number of aromatic nitrogens is 4. The maximum Gasteiger partial charge on any atom is 0.250 e. The lowest BCUT2D eigenvalue weighted by molar-refractivity contribution is 0.670. The van der Waals surface area contributed by atoms with Crippen molar-refractivity contribution in [2.45, 2.75) is 26.7 Å². The lowest BCUT2D eigenvalue weighted by atomic mass is 9.99. The first-order valence-electron chi connectivity index (χ1n) is 6.13. The molecule has 18 heavy (non-hydrogen) atoms. The van der Waals surface area contributed by atoms with Crippen molar-refractivity contribution in [3.63, 3.8) is 0 Å². The van der Waals surface area contributed by atoms with Gasteiger partial charge in [0.2, 0.25) is 0 Å². The van der Waals surface area contributed by atoms with Crippen LogP contribution >= 0.6 is 0 Å². The molecule has 0 aliphatic carbocycles. The molecule has 0 radical (unpaired) electrons. The Kier molecular flexibility index (Phi) is 3.72. The van der Waals surface area contributed by atoms with E-state index in [2.05, 4.69) is 34.2 Å². The molecule has 0 spiro atoms. The van der Waals surface area contributed by atoms with Crippen LogP contribution in [0.2, 0.25) is 0 Å². The molecule has 1 atom stereocenters. The zero-order valence-corrected chi connectivity index (χ0v) is 11.3. The SMILES string of the molecule is CNCC(C)c1c(C)nn(-c2ncccn2)c1C. The summed E-state index contributed by atoms with van der Waals surface area (Å²) in [5.74, 6) is 1.05. The molecule has 0 fully saturated rings. The van der Waals surface area contributed by atoms with Gasteiger partial charge in [0, 0.05) is 30.2 Å². The van der Waals surface area contributed by atoms with Crippen molar-refractivity contribution >= 4 is 0 Å². The van der Waals surface area contributed by atoms with Gasteiger partial charge < -0.3 is 5.32 Å². The average molecular weight is 245 g/mol. The van der Waals surface area contributed by atoms with Crippen molar-refractivity contribution in [2.24, 2.45) is 0 Å². The molecule has 0 aliphatic rings. The van der Waals surface area contributed by atoms with E-state index in [1.54, 1.807) is 18.5 Å². The normalized spacial score (nSPS) is 12.7. The Labute approximate surface area is 107 Å². The van der Waals surface area contributed by atoms with Crippen LogP contribution in [-0.4, -0.2) is 33.3 Å². The first-order chi connectivity index (χ1) is 8.65. The summed E-state index contributed by atoms with van der Waals surface area (Å²) in [6.45, 7) is 7.23. The highest BCUT2D eigenvalue weighted by Crippen LogP contribution is 2.23. The molecule has 2 aromatic heterocycles. The van der Waals surface area contributed by atoms with E-state index in [9.17, 15) is 0 Å². The molecular weight excluding hydrogens is 226 g/mol. The lowest BCUT2D eigenvalue weighted by Gasteiger charge is -2.11. The van der Waals surface area contributed by atoms with Gasteiger partial charge in [0.25, 0.3) is 5.95 Å². The highest BCUT2D eigenvalue weighted by Gasteiger charge is 2.18. The van der Waals surface area contributed by atoms with Gasteiger partial charge in [0.15, 0.2) is 0 Å². The molecule has 5 heteroatoms. The van der Waals surface area contributed by atoms with Gasteiger partial charge in [-0.15, -0.1) is 0 Å². The molecule has 1 N–H and O–H groups in total. The molecule has 0 saturated carbocycles. The van der Waals surface area contributed by atoms with Crippen molar-refractivity contribution in [1.29, 1.82) is 0 Å². The van der Waals surface area contributed by atoms with E-state index in [-0.39, 0.29) is 0 Å². The molecular formula is C13H19N5. The maximum atomic E-state index is 4.55. The van der Waals surface area contributed by atoms with Gasteiger partial charge >= 0.3 is 0 Å². The Hall–Kier alpha value is -1.75. The Balaban J connectivity index is 2.44. The minimum absolute atomic E-state index is 0.424. The molecule has 0 saturated heterocycles. The summed E-state index contributed by atoms with van der Waals surface area (Å²) < 4.78 is 1.82. The van der Waals surface area contributed by atoms with E-state index in [4.69, 9.17) is 0 Å². The van der Waals surface area contributed by atoms with E-state index in [0.717, 1.165) is 17.9 Å². The Morgan fingerprint density at radius 2 is 1.94 bits per heavy atom. The van der Waals surface area contributed by atoms with Crippen LogP contribution in [0.5, 0.6) is 0 Å². The van der Waals surface area contributed by atoms with Crippen LogP contribution in [-0.2, 0) is 0 Å². The quantitative estimate of drug-likeness (QED) is 0.889. The summed E-state index contributed by atoms with van der Waals surface area (Å²) in [5.41, 5.74) is 3.43. The fourth-order valence-electron chi connectivity index (χ4n) is 2.37. The first-order valence-corrected chi connectivity index (χ1v) is 6.13. The van der Waals surface area contributed by atoms with Crippen LogP contribution in [0.1, 0.15) is 29.8 Å². The summed E-state index contributed by atoms with van der Waals surface area (Å²) >= 11 is 0. The molecule has 1 unspecified atom stereocenters. The standard InChI is InChI=1S/C13H19N5/c1-9(8-14-4)12-10(2)17-18(11(12)3)13-15-6-5-7-16-13/h5-7,9,14H,8H2,1-4H3. The fraction of sp³-hybridized carbons (Fsp3) is 0.462. The smallest absolute Gasteiger partial charge is 0.250 e. The van der Waals surface area contributed by atoms with E-state index in [1.165, 1.54) is 5.56 Å². The van der Waals surface area contributed by atoms with Crippen molar-refractivity contribution in [3.05, 3.63) is 35.4 Å². The van der Waals surface area contributed by atoms with Gasteiger partial charge in [-0.3, -0.25) is 0 Å². The summed E-state index contributed by atoms with van der Waals surface area (Å²) in [6, 6.07) is 1.81. The summed E-state index contributed by atoms with van der Waals surface area (Å²) in [5, 5.41) is 7.75. The van der Waals surface area contributed by atoms with Crippen LogP contribution in [0.3, 0.4) is 0 Å². The Bertz CT molecular complexity index is 518. The van der Waals surface area contributed by atoms with Crippen molar-refractivity contribution in [1.82, 2.24) is 25.1 Å². The topological polar surface area (TPSA) is 55.6 Å². The van der Waals surface area contributed by atoms with Crippen LogP contribution in [0.15, 0.2) is 18.5 Å². The minimum Gasteiger partial charge on any atom is -0.319 e. The predicted molar refractivity (Wildman–Crippen MR) is 71.0 cm³/mol. The molecule has 0 aromatic carbocycles. The Morgan fingerprint density at radius 1 is 1.28 bits per heavy atom. The van der Waals surface area contributed by atoms with Gasteiger partial charge in [-0.05, 0) is 32.9 Å². The molecule has 2 aromatic rings. The van der Waals surface area contributed by atoms with Gasteiger partial charge in [-0.1, -0.05) is 6.92 Å². The van der Waals surface area contributed by atoms with Gasteiger partial charge in [-0.25, -0.2) is 14.6 Å². The number of rotatable bonds is 4. The van der Waals surface area contributed by atoms with Gasteiger partial charge in [-0.2, -0.15) is 5.10 Å². The highest BCUT2D eigenvalue weighted by atomic mass is 15.4. The number of nitrogens with one attached hydrogen (secondary N) is 1. The summed E-state index contributed by atoms with van der Waals surface area (Å²) in [4.78, 5) is 8.49. The van der Waals surface area contributed by atoms with Crippen LogP contribution in [0.4, 0.5) is 0 Å². The minimum atomic E-state index is 0.424. The van der Waals surface area contributed by atoms with Gasteiger partial charge in [0.1, 0.15) is 0 Å². The zero-order chi connectivity index (χ0) is 13.1. The highest BCUT2D eigenvalue weighted by molar-refractivity contribution is 5.32. The van der Waals surface area contributed by atoms with Crippen molar-refractivity contribution in [3.8, 4) is 5.95 Å². The number of hydrogen-bond acceptors (Lipinski definition) is 4. The van der Waals surface area contributed by atoms with E-state index < -0.39 is 0 Å². The zero-order valence-electron chi connectivity index (χ0n) is 11.3. The predicted octanol–water partition coefficient (Wildman–Crippen LogP) is 1.60. The number of nitrogens with zero attached hydrogens (tertiary/aromatic N) is 4. The number of aryl methyl sites for hydroxylation is 1. The second kappa shape index (κ2) is 5.27. The van der Waals surface area contributed by atoms with Crippen molar-refractivity contribution < 1.29 is 0 Å². The second-order valence-electron chi connectivity index (χ2n) is 4.50. The molecule has 2 rings (SSSR count). The van der Waals surface area contributed by atoms with E-state index >= 15 is 0 Å². The molecule has 0 amide bonds. The Morgan fingerprint density at radius 3 is 2.56 bits per heavy atom. The summed E-state index contributed by atoms with van der Waals surface area (Å²) in [6.07, 6.45) is 3.46.